The van der Waals surface area contributed by atoms with Crippen LogP contribution in [0.5, 0.6) is 0 Å². The third-order valence-electron chi connectivity index (χ3n) is 4.51. The smallest absolute Gasteiger partial charge is 0.259 e. The molecule has 0 radical (unpaired) electrons. The summed E-state index contributed by atoms with van der Waals surface area (Å²) in [5.41, 5.74) is 1.53. The zero-order chi connectivity index (χ0) is 19.3. The Bertz CT molecular complexity index is 1110. The summed E-state index contributed by atoms with van der Waals surface area (Å²) in [6.45, 7) is 2.44. The highest BCUT2D eigenvalue weighted by Gasteiger charge is 2.18. The van der Waals surface area contributed by atoms with Gasteiger partial charge in [-0.15, -0.1) is 0 Å². The zero-order valence-electron chi connectivity index (χ0n) is 15.5. The molecule has 1 amide bonds. The molecule has 0 fully saturated rings. The second-order valence-electron chi connectivity index (χ2n) is 6.34. The summed E-state index contributed by atoms with van der Waals surface area (Å²) in [6, 6.07) is 25.2. The van der Waals surface area contributed by atoms with E-state index >= 15 is 0 Å². The number of para-hydroxylation sites is 1. The van der Waals surface area contributed by atoms with Gasteiger partial charge in [-0.05, 0) is 48.0 Å². The number of carbonyl (C=O) groups excluding carboxylic acids is 1. The highest BCUT2D eigenvalue weighted by molar-refractivity contribution is 6.07. The molecule has 1 heterocycles. The number of hydrogen-bond acceptors (Lipinski definition) is 4. The van der Waals surface area contributed by atoms with Crippen LogP contribution in [0.2, 0.25) is 0 Å². The Kier molecular flexibility index (Phi) is 4.97. The maximum absolute atomic E-state index is 13.1. The fourth-order valence-corrected chi connectivity index (χ4v) is 3.10. The number of fused-ring (bicyclic) bond motifs is 1. The minimum atomic E-state index is -0.0855. The number of nitrogens with one attached hydrogen (secondary N) is 1. The van der Waals surface area contributed by atoms with E-state index in [1.807, 2.05) is 79.7 Å². The van der Waals surface area contributed by atoms with Gasteiger partial charge in [0.15, 0.2) is 0 Å². The Balaban J connectivity index is 1.62. The molecule has 0 aliphatic heterocycles. The number of nitrogens with zero attached hydrogens (tertiary/aromatic N) is 3. The summed E-state index contributed by atoms with van der Waals surface area (Å²) in [5, 5.41) is 5.32. The molecule has 5 nitrogen and oxygen atoms in total. The molecule has 5 heteroatoms. The van der Waals surface area contributed by atoms with Crippen LogP contribution in [0.1, 0.15) is 17.3 Å². The van der Waals surface area contributed by atoms with Gasteiger partial charge in [-0.3, -0.25) is 9.69 Å². The van der Waals surface area contributed by atoms with E-state index in [4.69, 9.17) is 0 Å². The van der Waals surface area contributed by atoms with Crippen molar-refractivity contribution in [2.45, 2.75) is 6.92 Å². The zero-order valence-corrected chi connectivity index (χ0v) is 15.5. The first-order valence-electron chi connectivity index (χ1n) is 9.20. The number of carbonyl (C=O) groups is 1. The predicted octanol–water partition coefficient (Wildman–Crippen LogP) is 5.04. The molecular weight excluding hydrogens is 348 g/mol. The molecule has 0 aliphatic carbocycles. The Morgan fingerprint density at radius 1 is 0.929 bits per heavy atom. The standard InChI is InChI=1S/C23H20N4O/c1-2-27(22(28)19-13-12-17-8-6-7-9-18(17)16-19)21-14-15-24-23(26-21)25-20-10-4-3-5-11-20/h3-16H,2H2,1H3,(H,24,25,26). The Labute approximate surface area is 163 Å². The summed E-state index contributed by atoms with van der Waals surface area (Å²) in [5.74, 6) is 0.931. The quantitative estimate of drug-likeness (QED) is 0.536. The molecule has 28 heavy (non-hydrogen) atoms. The van der Waals surface area contributed by atoms with Crippen molar-refractivity contribution in [1.29, 1.82) is 0 Å². The maximum atomic E-state index is 13.1. The number of anilines is 3. The van der Waals surface area contributed by atoms with E-state index in [1.165, 1.54) is 0 Å². The lowest BCUT2D eigenvalue weighted by Gasteiger charge is -2.20. The number of aromatic nitrogens is 2. The first-order chi connectivity index (χ1) is 13.7. The van der Waals surface area contributed by atoms with Crippen LogP contribution in [-0.4, -0.2) is 22.4 Å². The largest absolute Gasteiger partial charge is 0.324 e. The summed E-state index contributed by atoms with van der Waals surface area (Å²) < 4.78 is 0. The van der Waals surface area contributed by atoms with Gasteiger partial charge in [0.1, 0.15) is 5.82 Å². The molecule has 1 aromatic heterocycles. The lowest BCUT2D eigenvalue weighted by atomic mass is 10.1. The van der Waals surface area contributed by atoms with Crippen molar-refractivity contribution in [3.05, 3.63) is 90.6 Å². The lowest BCUT2D eigenvalue weighted by Crippen LogP contribution is -2.31. The third kappa shape index (κ3) is 3.69. The average molecular weight is 368 g/mol. The van der Waals surface area contributed by atoms with Gasteiger partial charge in [0.2, 0.25) is 5.95 Å². The SMILES string of the molecule is CCN(C(=O)c1ccc2ccccc2c1)c1ccnc(Nc2ccccc2)n1. The second-order valence-corrected chi connectivity index (χ2v) is 6.34. The molecular formula is C23H20N4O. The van der Waals surface area contributed by atoms with E-state index in [0.29, 0.717) is 23.9 Å². The summed E-state index contributed by atoms with van der Waals surface area (Å²) in [4.78, 5) is 23.6. The van der Waals surface area contributed by atoms with E-state index in [2.05, 4.69) is 15.3 Å². The highest BCUT2D eigenvalue weighted by Crippen LogP contribution is 2.21. The fourth-order valence-electron chi connectivity index (χ4n) is 3.10. The van der Waals surface area contributed by atoms with Crippen LogP contribution in [-0.2, 0) is 0 Å². The molecule has 1 N–H and O–H groups in total. The van der Waals surface area contributed by atoms with Crippen molar-refractivity contribution in [3.63, 3.8) is 0 Å². The number of rotatable bonds is 5. The summed E-state index contributed by atoms with van der Waals surface area (Å²) in [7, 11) is 0. The number of hydrogen-bond donors (Lipinski definition) is 1. The van der Waals surface area contributed by atoms with Crippen LogP contribution >= 0.6 is 0 Å². The van der Waals surface area contributed by atoms with E-state index in [1.54, 1.807) is 17.2 Å². The van der Waals surface area contributed by atoms with E-state index < -0.39 is 0 Å². The molecule has 0 unspecified atom stereocenters. The van der Waals surface area contributed by atoms with Crippen molar-refractivity contribution < 1.29 is 4.79 Å². The first kappa shape index (κ1) is 17.7. The molecule has 0 atom stereocenters. The molecule has 4 rings (SSSR count). The first-order valence-corrected chi connectivity index (χ1v) is 9.20. The van der Waals surface area contributed by atoms with Crippen molar-refractivity contribution in [2.75, 3.05) is 16.8 Å². The van der Waals surface area contributed by atoms with Gasteiger partial charge in [0, 0.05) is 24.0 Å². The van der Waals surface area contributed by atoms with Gasteiger partial charge >= 0.3 is 0 Å². The van der Waals surface area contributed by atoms with Gasteiger partial charge in [0.05, 0.1) is 0 Å². The maximum Gasteiger partial charge on any atom is 0.259 e. The molecule has 0 saturated carbocycles. The summed E-state index contributed by atoms with van der Waals surface area (Å²) in [6.07, 6.45) is 1.66. The van der Waals surface area contributed by atoms with E-state index in [-0.39, 0.29) is 5.91 Å². The van der Waals surface area contributed by atoms with Gasteiger partial charge in [0.25, 0.3) is 5.91 Å². The van der Waals surface area contributed by atoms with Crippen LogP contribution in [0.4, 0.5) is 17.5 Å². The van der Waals surface area contributed by atoms with Crippen LogP contribution in [0.3, 0.4) is 0 Å². The molecule has 0 bridgehead atoms. The van der Waals surface area contributed by atoms with Crippen LogP contribution in [0.25, 0.3) is 10.8 Å². The minimum Gasteiger partial charge on any atom is -0.324 e. The molecule has 0 saturated heterocycles. The van der Waals surface area contributed by atoms with Crippen LogP contribution < -0.4 is 10.2 Å². The molecule has 0 spiro atoms. The van der Waals surface area contributed by atoms with Gasteiger partial charge in [-0.1, -0.05) is 48.5 Å². The minimum absolute atomic E-state index is 0.0855. The number of benzene rings is 3. The normalized spacial score (nSPS) is 10.6. The highest BCUT2D eigenvalue weighted by atomic mass is 16.2. The topological polar surface area (TPSA) is 58.1 Å². The Morgan fingerprint density at radius 2 is 1.68 bits per heavy atom. The van der Waals surface area contributed by atoms with Crippen molar-refractivity contribution in [3.8, 4) is 0 Å². The van der Waals surface area contributed by atoms with E-state index in [0.717, 1.165) is 16.5 Å². The monoisotopic (exact) mass is 368 g/mol. The van der Waals surface area contributed by atoms with Gasteiger partial charge in [-0.25, -0.2) is 4.98 Å². The molecule has 0 aliphatic rings. The Morgan fingerprint density at radius 3 is 2.46 bits per heavy atom. The molecule has 3 aromatic carbocycles. The van der Waals surface area contributed by atoms with Gasteiger partial charge in [-0.2, -0.15) is 4.98 Å². The number of amides is 1. The van der Waals surface area contributed by atoms with E-state index in [9.17, 15) is 4.79 Å². The molecule has 138 valence electrons. The van der Waals surface area contributed by atoms with Crippen LogP contribution in [0.15, 0.2) is 85.1 Å². The second kappa shape index (κ2) is 7.88. The predicted molar refractivity (Wildman–Crippen MR) is 113 cm³/mol. The van der Waals surface area contributed by atoms with Crippen molar-refractivity contribution in [1.82, 2.24) is 9.97 Å². The fraction of sp³-hybridized carbons (Fsp3) is 0.0870. The third-order valence-corrected chi connectivity index (χ3v) is 4.51. The lowest BCUT2D eigenvalue weighted by molar-refractivity contribution is 0.0987. The van der Waals surface area contributed by atoms with Gasteiger partial charge < -0.3 is 5.32 Å². The summed E-state index contributed by atoms with van der Waals surface area (Å²) >= 11 is 0. The van der Waals surface area contributed by atoms with Crippen molar-refractivity contribution in [2.24, 2.45) is 0 Å². The molecule has 4 aromatic rings. The van der Waals surface area contributed by atoms with Crippen LogP contribution in [0, 0.1) is 0 Å². The average Bonchev–Trinajstić information content (AvgIpc) is 2.75. The van der Waals surface area contributed by atoms with Crippen molar-refractivity contribution >= 4 is 34.1 Å². The Hall–Kier alpha value is -3.73.